The van der Waals surface area contributed by atoms with Crippen molar-refractivity contribution in [3.8, 4) is 0 Å². The van der Waals surface area contributed by atoms with Crippen LogP contribution in [0.15, 0.2) is 30.3 Å². The molecule has 0 spiro atoms. The Morgan fingerprint density at radius 3 is 2.83 bits per heavy atom. The fraction of sp³-hybridized carbons (Fsp3) is 0.200. The Morgan fingerprint density at radius 1 is 1.17 bits per heavy atom. The Balaban J connectivity index is 2.67. The second kappa shape index (κ2) is 2.89. The lowest BCUT2D eigenvalue weighted by molar-refractivity contribution is 0.945. The molecule has 0 saturated carbocycles. The highest BCUT2D eigenvalue weighted by Gasteiger charge is 1.95. The molecule has 2 aromatic rings. The molecular weight excluding hydrogens is 148 g/mol. The molecule has 2 nitrogen and oxygen atoms in total. The zero-order chi connectivity index (χ0) is 8.39. The third-order valence-electron chi connectivity index (χ3n) is 1.91. The summed E-state index contributed by atoms with van der Waals surface area (Å²) >= 11 is 0. The Hall–Kier alpha value is -1.44. The minimum Gasteiger partial charge on any atom is -0.155 e. The molecule has 2 rings (SSSR count). The van der Waals surface area contributed by atoms with E-state index in [1.165, 1.54) is 5.39 Å². The normalized spacial score (nSPS) is 10.4. The molecule has 0 aliphatic carbocycles. The summed E-state index contributed by atoms with van der Waals surface area (Å²) in [6.07, 6.45) is 0.942. The number of hydrogen-bond donors (Lipinski definition) is 0. The number of aromatic nitrogens is 2. The standard InChI is InChI=1S/C10H10N2/c1-2-9-7-8-5-3-4-6-10(8)12-11-9/h3-7H,2H2,1H3. The zero-order valence-electron chi connectivity index (χ0n) is 6.99. The van der Waals surface area contributed by atoms with Crippen LogP contribution in [0.2, 0.25) is 0 Å². The monoisotopic (exact) mass is 158 g/mol. The van der Waals surface area contributed by atoms with Crippen molar-refractivity contribution in [3.05, 3.63) is 36.0 Å². The van der Waals surface area contributed by atoms with Crippen LogP contribution in [0.25, 0.3) is 10.9 Å². The summed E-state index contributed by atoms with van der Waals surface area (Å²) in [4.78, 5) is 0. The van der Waals surface area contributed by atoms with Crippen molar-refractivity contribution < 1.29 is 0 Å². The number of rotatable bonds is 1. The first-order chi connectivity index (χ1) is 5.90. The lowest BCUT2D eigenvalue weighted by Crippen LogP contribution is -1.90. The molecule has 0 aliphatic heterocycles. The second-order valence-corrected chi connectivity index (χ2v) is 2.75. The Morgan fingerprint density at radius 2 is 2.00 bits per heavy atom. The SMILES string of the molecule is CCc1cc2ccccc2nn1. The molecule has 12 heavy (non-hydrogen) atoms. The predicted molar refractivity (Wildman–Crippen MR) is 48.9 cm³/mol. The van der Waals surface area contributed by atoms with Gasteiger partial charge in [0.2, 0.25) is 0 Å². The molecule has 60 valence electrons. The van der Waals surface area contributed by atoms with Crippen molar-refractivity contribution in [2.75, 3.05) is 0 Å². The molecule has 0 aliphatic rings. The number of hydrogen-bond acceptors (Lipinski definition) is 2. The Kier molecular flexibility index (Phi) is 1.74. The maximum atomic E-state index is 4.10. The van der Waals surface area contributed by atoms with Gasteiger partial charge >= 0.3 is 0 Å². The van der Waals surface area contributed by atoms with Crippen LogP contribution in [-0.2, 0) is 6.42 Å². The van der Waals surface area contributed by atoms with Gasteiger partial charge in [-0.3, -0.25) is 0 Å². The van der Waals surface area contributed by atoms with E-state index in [0.29, 0.717) is 0 Å². The van der Waals surface area contributed by atoms with Crippen molar-refractivity contribution in [1.82, 2.24) is 10.2 Å². The quantitative estimate of drug-likeness (QED) is 0.635. The van der Waals surface area contributed by atoms with E-state index in [1.807, 2.05) is 18.2 Å². The molecule has 0 bridgehead atoms. The van der Waals surface area contributed by atoms with Crippen molar-refractivity contribution in [3.63, 3.8) is 0 Å². The topological polar surface area (TPSA) is 25.8 Å². The molecular formula is C10H10N2. The van der Waals surface area contributed by atoms with Crippen LogP contribution < -0.4 is 0 Å². The summed E-state index contributed by atoms with van der Waals surface area (Å²) in [6.45, 7) is 2.08. The minimum atomic E-state index is 0.942. The van der Waals surface area contributed by atoms with E-state index >= 15 is 0 Å². The summed E-state index contributed by atoms with van der Waals surface area (Å²) in [5, 5.41) is 9.35. The van der Waals surface area contributed by atoms with Crippen LogP contribution >= 0.6 is 0 Å². The highest BCUT2D eigenvalue weighted by Crippen LogP contribution is 2.10. The van der Waals surface area contributed by atoms with E-state index in [-0.39, 0.29) is 0 Å². The van der Waals surface area contributed by atoms with Gasteiger partial charge in [-0.05, 0) is 18.6 Å². The first kappa shape index (κ1) is 7.22. The summed E-state index contributed by atoms with van der Waals surface area (Å²) in [7, 11) is 0. The van der Waals surface area contributed by atoms with Crippen molar-refractivity contribution >= 4 is 10.9 Å². The average molecular weight is 158 g/mol. The fourth-order valence-corrected chi connectivity index (χ4v) is 1.20. The maximum Gasteiger partial charge on any atom is 0.0929 e. The molecule has 0 amide bonds. The molecule has 0 fully saturated rings. The highest BCUT2D eigenvalue weighted by atomic mass is 15.1. The molecule has 0 atom stereocenters. The summed E-state index contributed by atoms with van der Waals surface area (Å²) in [6, 6.07) is 10.1. The average Bonchev–Trinajstić information content (AvgIpc) is 2.17. The molecule has 1 aromatic carbocycles. The number of aryl methyl sites for hydroxylation is 1. The molecule has 0 unspecified atom stereocenters. The smallest absolute Gasteiger partial charge is 0.0929 e. The van der Waals surface area contributed by atoms with Gasteiger partial charge in [-0.15, -0.1) is 0 Å². The van der Waals surface area contributed by atoms with Gasteiger partial charge < -0.3 is 0 Å². The van der Waals surface area contributed by atoms with Crippen molar-refractivity contribution in [2.24, 2.45) is 0 Å². The van der Waals surface area contributed by atoms with Crippen molar-refractivity contribution in [2.45, 2.75) is 13.3 Å². The molecule has 0 saturated heterocycles. The number of fused-ring (bicyclic) bond motifs is 1. The van der Waals surface area contributed by atoms with Gasteiger partial charge in [0.25, 0.3) is 0 Å². The van der Waals surface area contributed by atoms with E-state index in [0.717, 1.165) is 17.6 Å². The van der Waals surface area contributed by atoms with Gasteiger partial charge in [0.05, 0.1) is 11.2 Å². The van der Waals surface area contributed by atoms with Gasteiger partial charge in [-0.1, -0.05) is 25.1 Å². The molecule has 0 N–H and O–H groups in total. The van der Waals surface area contributed by atoms with E-state index in [1.54, 1.807) is 0 Å². The lowest BCUT2D eigenvalue weighted by atomic mass is 10.2. The van der Waals surface area contributed by atoms with Crippen molar-refractivity contribution in [1.29, 1.82) is 0 Å². The molecule has 1 aromatic heterocycles. The third-order valence-corrected chi connectivity index (χ3v) is 1.91. The van der Waals surface area contributed by atoms with Gasteiger partial charge in [-0.25, -0.2) is 0 Å². The highest BCUT2D eigenvalue weighted by molar-refractivity contribution is 5.77. The largest absolute Gasteiger partial charge is 0.155 e. The maximum absolute atomic E-state index is 4.10. The predicted octanol–water partition coefficient (Wildman–Crippen LogP) is 2.19. The molecule has 0 radical (unpaired) electrons. The number of benzene rings is 1. The van der Waals surface area contributed by atoms with Gasteiger partial charge in [0.15, 0.2) is 0 Å². The fourth-order valence-electron chi connectivity index (χ4n) is 1.20. The van der Waals surface area contributed by atoms with Gasteiger partial charge in [-0.2, -0.15) is 10.2 Å². The second-order valence-electron chi connectivity index (χ2n) is 2.75. The molecule has 1 heterocycles. The van der Waals surface area contributed by atoms with Crippen LogP contribution in [-0.4, -0.2) is 10.2 Å². The first-order valence-corrected chi connectivity index (χ1v) is 4.11. The zero-order valence-corrected chi connectivity index (χ0v) is 6.99. The van der Waals surface area contributed by atoms with Crippen LogP contribution in [0.4, 0.5) is 0 Å². The van der Waals surface area contributed by atoms with Gasteiger partial charge in [0.1, 0.15) is 0 Å². The first-order valence-electron chi connectivity index (χ1n) is 4.11. The minimum absolute atomic E-state index is 0.942. The lowest BCUT2D eigenvalue weighted by Gasteiger charge is -1.97. The Labute approximate surface area is 71.3 Å². The van der Waals surface area contributed by atoms with Crippen LogP contribution in [0.5, 0.6) is 0 Å². The van der Waals surface area contributed by atoms with E-state index in [9.17, 15) is 0 Å². The Bertz CT molecular complexity index is 396. The van der Waals surface area contributed by atoms with Crippen LogP contribution in [0.1, 0.15) is 12.6 Å². The van der Waals surface area contributed by atoms with Crippen LogP contribution in [0, 0.1) is 0 Å². The summed E-state index contributed by atoms with van der Waals surface area (Å²) in [5.41, 5.74) is 2.02. The number of nitrogens with zero attached hydrogens (tertiary/aromatic N) is 2. The van der Waals surface area contributed by atoms with E-state index in [2.05, 4.69) is 29.3 Å². The summed E-state index contributed by atoms with van der Waals surface area (Å²) in [5.74, 6) is 0. The van der Waals surface area contributed by atoms with E-state index < -0.39 is 0 Å². The molecule has 2 heteroatoms. The van der Waals surface area contributed by atoms with E-state index in [4.69, 9.17) is 0 Å². The third kappa shape index (κ3) is 1.16. The van der Waals surface area contributed by atoms with Crippen LogP contribution in [0.3, 0.4) is 0 Å². The van der Waals surface area contributed by atoms with Gasteiger partial charge in [0, 0.05) is 5.39 Å². The summed E-state index contributed by atoms with van der Waals surface area (Å²) < 4.78 is 0.